The number of imidazole rings is 1. The van der Waals surface area contributed by atoms with E-state index in [2.05, 4.69) is 41.8 Å². The van der Waals surface area contributed by atoms with Crippen LogP contribution in [0, 0.1) is 6.92 Å². The Balaban J connectivity index is 2.17. The molecule has 1 N–H and O–H groups in total. The van der Waals surface area contributed by atoms with Gasteiger partial charge in [-0.1, -0.05) is 6.92 Å². The average molecular weight is 193 g/mol. The molecule has 0 aliphatic heterocycles. The molecule has 3 nitrogen and oxygen atoms in total. The summed E-state index contributed by atoms with van der Waals surface area (Å²) in [6.45, 7) is 6.50. The first-order chi connectivity index (χ1) is 6.70. The van der Waals surface area contributed by atoms with Gasteiger partial charge in [0.15, 0.2) is 0 Å². The normalized spacial score (nSPS) is 18.2. The van der Waals surface area contributed by atoms with Crippen molar-refractivity contribution in [3.8, 4) is 0 Å². The zero-order chi connectivity index (χ0) is 10.1. The first-order valence-corrected chi connectivity index (χ1v) is 5.52. The van der Waals surface area contributed by atoms with Gasteiger partial charge in [-0.3, -0.25) is 0 Å². The molecule has 0 spiro atoms. The van der Waals surface area contributed by atoms with Crippen LogP contribution in [0.4, 0.5) is 5.95 Å². The van der Waals surface area contributed by atoms with Gasteiger partial charge in [-0.05, 0) is 33.1 Å². The molecule has 1 atom stereocenters. The lowest BCUT2D eigenvalue weighted by atomic mass is 10.2. The van der Waals surface area contributed by atoms with E-state index >= 15 is 0 Å². The third kappa shape index (κ3) is 1.91. The summed E-state index contributed by atoms with van der Waals surface area (Å²) in [5.41, 5.74) is 1.11. The zero-order valence-electron chi connectivity index (χ0n) is 9.25. The van der Waals surface area contributed by atoms with E-state index < -0.39 is 0 Å². The highest BCUT2D eigenvalue weighted by atomic mass is 15.2. The van der Waals surface area contributed by atoms with E-state index in [-0.39, 0.29) is 0 Å². The topological polar surface area (TPSA) is 29.9 Å². The van der Waals surface area contributed by atoms with Crippen LogP contribution in [-0.4, -0.2) is 15.6 Å². The Morgan fingerprint density at radius 2 is 2.36 bits per heavy atom. The highest BCUT2D eigenvalue weighted by Gasteiger charge is 2.23. The van der Waals surface area contributed by atoms with Crippen molar-refractivity contribution in [3.05, 3.63) is 11.9 Å². The summed E-state index contributed by atoms with van der Waals surface area (Å²) >= 11 is 0. The molecule has 14 heavy (non-hydrogen) atoms. The Hall–Kier alpha value is -0.990. The fraction of sp³-hybridized carbons (Fsp3) is 0.727. The fourth-order valence-corrected chi connectivity index (χ4v) is 1.57. The van der Waals surface area contributed by atoms with Crippen molar-refractivity contribution < 1.29 is 0 Å². The minimum atomic E-state index is 0.539. The maximum absolute atomic E-state index is 4.51. The van der Waals surface area contributed by atoms with Gasteiger partial charge in [-0.25, -0.2) is 4.98 Å². The second-order valence-electron chi connectivity index (χ2n) is 4.29. The summed E-state index contributed by atoms with van der Waals surface area (Å²) in [6, 6.07) is 1.22. The van der Waals surface area contributed by atoms with E-state index in [1.807, 2.05) is 0 Å². The van der Waals surface area contributed by atoms with Crippen LogP contribution in [0.5, 0.6) is 0 Å². The smallest absolute Gasteiger partial charge is 0.203 e. The van der Waals surface area contributed by atoms with Crippen molar-refractivity contribution in [1.82, 2.24) is 9.55 Å². The van der Waals surface area contributed by atoms with Crippen molar-refractivity contribution in [1.29, 1.82) is 0 Å². The van der Waals surface area contributed by atoms with Gasteiger partial charge in [0.2, 0.25) is 5.95 Å². The molecule has 0 saturated heterocycles. The number of anilines is 1. The predicted molar refractivity (Wildman–Crippen MR) is 58.6 cm³/mol. The lowest BCUT2D eigenvalue weighted by Crippen LogP contribution is -2.11. The molecule has 1 aliphatic rings. The van der Waals surface area contributed by atoms with Gasteiger partial charge >= 0.3 is 0 Å². The third-order valence-corrected chi connectivity index (χ3v) is 2.83. The first-order valence-electron chi connectivity index (χ1n) is 5.52. The Bertz CT molecular complexity index is 312. The standard InChI is InChI=1S/C11H19N3/c1-4-9(3)14-7-8(2)12-11(14)13-10-5-6-10/h7,9-10H,4-6H2,1-3H3,(H,12,13). The van der Waals surface area contributed by atoms with Gasteiger partial charge < -0.3 is 9.88 Å². The monoisotopic (exact) mass is 193 g/mol. The minimum Gasteiger partial charge on any atom is -0.353 e. The predicted octanol–water partition coefficient (Wildman–Crippen LogP) is 2.74. The number of aromatic nitrogens is 2. The minimum absolute atomic E-state index is 0.539. The molecule has 0 amide bonds. The van der Waals surface area contributed by atoms with Crippen LogP contribution in [-0.2, 0) is 0 Å². The highest BCUT2D eigenvalue weighted by Crippen LogP contribution is 2.26. The average Bonchev–Trinajstić information content (AvgIpc) is 2.89. The van der Waals surface area contributed by atoms with Crippen LogP contribution in [0.15, 0.2) is 6.20 Å². The van der Waals surface area contributed by atoms with Crippen molar-refractivity contribution in [2.75, 3.05) is 5.32 Å². The van der Waals surface area contributed by atoms with Crippen molar-refractivity contribution in [2.45, 2.75) is 52.1 Å². The van der Waals surface area contributed by atoms with Crippen LogP contribution in [0.1, 0.15) is 44.8 Å². The number of hydrogen-bond donors (Lipinski definition) is 1. The molecule has 1 saturated carbocycles. The number of rotatable bonds is 4. The van der Waals surface area contributed by atoms with Crippen molar-refractivity contribution in [2.24, 2.45) is 0 Å². The highest BCUT2D eigenvalue weighted by molar-refractivity contribution is 5.32. The van der Waals surface area contributed by atoms with Gasteiger partial charge in [0, 0.05) is 18.3 Å². The van der Waals surface area contributed by atoms with E-state index in [9.17, 15) is 0 Å². The largest absolute Gasteiger partial charge is 0.353 e. The van der Waals surface area contributed by atoms with Gasteiger partial charge in [0.05, 0.1) is 5.69 Å². The Morgan fingerprint density at radius 1 is 1.64 bits per heavy atom. The molecule has 0 aromatic carbocycles. The summed E-state index contributed by atoms with van der Waals surface area (Å²) in [5.74, 6) is 1.05. The summed E-state index contributed by atoms with van der Waals surface area (Å²) < 4.78 is 2.26. The van der Waals surface area contributed by atoms with E-state index in [0.29, 0.717) is 12.1 Å². The lowest BCUT2D eigenvalue weighted by molar-refractivity contribution is 0.534. The number of hydrogen-bond acceptors (Lipinski definition) is 2. The second-order valence-corrected chi connectivity index (χ2v) is 4.29. The van der Waals surface area contributed by atoms with Crippen molar-refractivity contribution in [3.63, 3.8) is 0 Å². The number of nitrogens with one attached hydrogen (secondary N) is 1. The van der Waals surface area contributed by atoms with Crippen LogP contribution in [0.3, 0.4) is 0 Å². The molecule has 1 aliphatic carbocycles. The third-order valence-electron chi connectivity index (χ3n) is 2.83. The maximum Gasteiger partial charge on any atom is 0.203 e. The summed E-state index contributed by atoms with van der Waals surface area (Å²) in [5, 5.41) is 3.47. The SMILES string of the molecule is CCC(C)n1cc(C)nc1NC1CC1. The molecular formula is C11H19N3. The lowest BCUT2D eigenvalue weighted by Gasteiger charge is -2.14. The Labute approximate surface area is 85.5 Å². The van der Waals surface area contributed by atoms with E-state index in [4.69, 9.17) is 0 Å². The van der Waals surface area contributed by atoms with Gasteiger partial charge in [-0.15, -0.1) is 0 Å². The molecule has 0 bridgehead atoms. The van der Waals surface area contributed by atoms with Crippen LogP contribution in [0.25, 0.3) is 0 Å². The molecular weight excluding hydrogens is 174 g/mol. The van der Waals surface area contributed by atoms with Gasteiger partial charge in [0.1, 0.15) is 0 Å². The molecule has 1 heterocycles. The van der Waals surface area contributed by atoms with Crippen LogP contribution in [0.2, 0.25) is 0 Å². The van der Waals surface area contributed by atoms with Crippen molar-refractivity contribution >= 4 is 5.95 Å². The second kappa shape index (κ2) is 3.64. The molecule has 78 valence electrons. The number of nitrogens with zero attached hydrogens (tertiary/aromatic N) is 2. The van der Waals surface area contributed by atoms with Crippen LogP contribution >= 0.6 is 0 Å². The molecule has 0 radical (unpaired) electrons. The Morgan fingerprint density at radius 3 is 2.93 bits per heavy atom. The molecule has 1 fully saturated rings. The molecule has 1 aromatic heterocycles. The number of aryl methyl sites for hydroxylation is 1. The van der Waals surface area contributed by atoms with Crippen LogP contribution < -0.4 is 5.32 Å². The quantitative estimate of drug-likeness (QED) is 0.796. The molecule has 1 unspecified atom stereocenters. The van der Waals surface area contributed by atoms with Gasteiger partial charge in [-0.2, -0.15) is 0 Å². The zero-order valence-corrected chi connectivity index (χ0v) is 9.25. The van der Waals surface area contributed by atoms with E-state index in [1.54, 1.807) is 0 Å². The maximum atomic E-state index is 4.51. The summed E-state index contributed by atoms with van der Waals surface area (Å²) in [7, 11) is 0. The molecule has 2 rings (SSSR count). The first kappa shape index (κ1) is 9.56. The summed E-state index contributed by atoms with van der Waals surface area (Å²) in [6.07, 6.45) is 5.88. The van der Waals surface area contributed by atoms with E-state index in [0.717, 1.165) is 18.1 Å². The Kier molecular flexibility index (Phi) is 2.48. The summed E-state index contributed by atoms with van der Waals surface area (Å²) in [4.78, 5) is 4.51. The van der Waals surface area contributed by atoms with E-state index in [1.165, 1.54) is 12.8 Å². The fourth-order valence-electron chi connectivity index (χ4n) is 1.57. The van der Waals surface area contributed by atoms with Gasteiger partial charge in [0.25, 0.3) is 0 Å². The molecule has 3 heteroatoms. The molecule has 1 aromatic rings.